The first-order chi connectivity index (χ1) is 6.68. The molecule has 0 spiro atoms. The Morgan fingerprint density at radius 1 is 1.21 bits per heavy atom. The van der Waals surface area contributed by atoms with E-state index in [1.54, 1.807) is 12.3 Å². The Morgan fingerprint density at radius 2 is 1.79 bits per heavy atom. The molecule has 0 radical (unpaired) electrons. The molecular formula is C8H4BrN3O2. The van der Waals surface area contributed by atoms with Gasteiger partial charge in [0.25, 0.3) is 5.69 Å². The molecule has 6 heteroatoms. The molecule has 0 aliphatic carbocycles. The second-order valence-corrected chi connectivity index (χ2v) is 3.46. The largest absolute Gasteiger partial charge is 0.285 e. The van der Waals surface area contributed by atoms with Crippen LogP contribution in [0.1, 0.15) is 0 Å². The van der Waals surface area contributed by atoms with Crippen LogP contribution in [0.2, 0.25) is 0 Å². The average molecular weight is 254 g/mol. The highest BCUT2D eigenvalue weighted by Gasteiger charge is 2.13. The van der Waals surface area contributed by atoms with Crippen LogP contribution in [0.5, 0.6) is 0 Å². The zero-order valence-electron chi connectivity index (χ0n) is 6.85. The Bertz CT molecular complexity index is 515. The number of halogens is 1. The maximum absolute atomic E-state index is 10.6. The normalized spacial score (nSPS) is 10.4. The highest BCUT2D eigenvalue weighted by atomic mass is 79.9. The van der Waals surface area contributed by atoms with Gasteiger partial charge in [-0.05, 0) is 22.0 Å². The van der Waals surface area contributed by atoms with Crippen molar-refractivity contribution in [3.8, 4) is 0 Å². The number of benzene rings is 1. The van der Waals surface area contributed by atoms with Gasteiger partial charge in [0.2, 0.25) is 0 Å². The summed E-state index contributed by atoms with van der Waals surface area (Å²) in [6.07, 6.45) is 3.04. The molecule has 0 N–H and O–H groups in total. The molecule has 0 amide bonds. The van der Waals surface area contributed by atoms with Crippen molar-refractivity contribution in [2.45, 2.75) is 0 Å². The molecule has 0 bridgehead atoms. The predicted molar refractivity (Wildman–Crippen MR) is 53.9 cm³/mol. The lowest BCUT2D eigenvalue weighted by Gasteiger charge is -1.97. The van der Waals surface area contributed by atoms with Crippen LogP contribution >= 0.6 is 15.9 Å². The van der Waals surface area contributed by atoms with E-state index in [0.29, 0.717) is 15.5 Å². The van der Waals surface area contributed by atoms with Crippen LogP contribution in [0, 0.1) is 10.1 Å². The minimum Gasteiger partial charge on any atom is -0.258 e. The standard InChI is InChI=1S/C8H4BrN3O2/c9-5-3-6-7(11-2-1-10-6)4-8(5)12(13)14/h1-4H. The first-order valence-electron chi connectivity index (χ1n) is 3.73. The molecule has 0 saturated carbocycles. The number of rotatable bonds is 1. The van der Waals surface area contributed by atoms with Crippen molar-refractivity contribution >= 4 is 32.7 Å². The van der Waals surface area contributed by atoms with Crippen molar-refractivity contribution in [3.05, 3.63) is 39.1 Å². The van der Waals surface area contributed by atoms with E-state index in [1.807, 2.05) is 0 Å². The predicted octanol–water partition coefficient (Wildman–Crippen LogP) is 2.30. The van der Waals surface area contributed by atoms with E-state index in [4.69, 9.17) is 0 Å². The van der Waals surface area contributed by atoms with Gasteiger partial charge in [-0.1, -0.05) is 0 Å². The fraction of sp³-hybridized carbons (Fsp3) is 0. The van der Waals surface area contributed by atoms with Crippen LogP contribution in [0.25, 0.3) is 11.0 Å². The van der Waals surface area contributed by atoms with Crippen LogP contribution in [-0.4, -0.2) is 14.9 Å². The van der Waals surface area contributed by atoms with E-state index in [9.17, 15) is 10.1 Å². The van der Waals surface area contributed by atoms with Crippen LogP contribution in [-0.2, 0) is 0 Å². The lowest BCUT2D eigenvalue weighted by molar-refractivity contribution is -0.385. The first kappa shape index (κ1) is 9.01. The molecule has 1 heterocycles. The van der Waals surface area contributed by atoms with Crippen molar-refractivity contribution in [3.63, 3.8) is 0 Å². The Morgan fingerprint density at radius 3 is 2.36 bits per heavy atom. The average Bonchev–Trinajstić information content (AvgIpc) is 2.16. The van der Waals surface area contributed by atoms with Gasteiger partial charge in [-0.15, -0.1) is 0 Å². The summed E-state index contributed by atoms with van der Waals surface area (Å²) in [4.78, 5) is 18.1. The Balaban J connectivity index is 2.77. The lowest BCUT2D eigenvalue weighted by Crippen LogP contribution is -1.91. The minimum atomic E-state index is -0.460. The van der Waals surface area contributed by atoms with Gasteiger partial charge in [0.05, 0.1) is 20.4 Å². The number of hydrogen-bond donors (Lipinski definition) is 0. The fourth-order valence-electron chi connectivity index (χ4n) is 1.11. The van der Waals surface area contributed by atoms with E-state index in [1.165, 1.54) is 12.3 Å². The van der Waals surface area contributed by atoms with Gasteiger partial charge < -0.3 is 0 Å². The smallest absolute Gasteiger partial charge is 0.258 e. The number of nitro benzene ring substituents is 1. The zero-order valence-corrected chi connectivity index (χ0v) is 8.43. The van der Waals surface area contributed by atoms with Gasteiger partial charge >= 0.3 is 0 Å². The third-order valence-corrected chi connectivity index (χ3v) is 2.37. The van der Waals surface area contributed by atoms with Gasteiger partial charge in [-0.25, -0.2) is 0 Å². The van der Waals surface area contributed by atoms with E-state index < -0.39 is 4.92 Å². The summed E-state index contributed by atoms with van der Waals surface area (Å²) in [5.41, 5.74) is 1.14. The highest BCUT2D eigenvalue weighted by Crippen LogP contribution is 2.27. The van der Waals surface area contributed by atoms with Crippen LogP contribution in [0.15, 0.2) is 29.0 Å². The Kier molecular flexibility index (Phi) is 2.12. The maximum atomic E-state index is 10.6. The molecule has 0 unspecified atom stereocenters. The highest BCUT2D eigenvalue weighted by molar-refractivity contribution is 9.10. The number of nitro groups is 1. The molecule has 0 fully saturated rings. The molecule has 0 atom stereocenters. The van der Waals surface area contributed by atoms with Gasteiger partial charge in [-0.3, -0.25) is 20.1 Å². The molecule has 0 aliphatic heterocycles. The van der Waals surface area contributed by atoms with Gasteiger partial charge in [0, 0.05) is 18.5 Å². The lowest BCUT2D eigenvalue weighted by atomic mass is 10.2. The summed E-state index contributed by atoms with van der Waals surface area (Å²) in [5, 5.41) is 10.6. The minimum absolute atomic E-state index is 0.00185. The third-order valence-electron chi connectivity index (χ3n) is 1.73. The van der Waals surface area contributed by atoms with Crippen LogP contribution in [0.3, 0.4) is 0 Å². The summed E-state index contributed by atoms with van der Waals surface area (Å²) in [6.45, 7) is 0. The summed E-state index contributed by atoms with van der Waals surface area (Å²) >= 11 is 3.11. The van der Waals surface area contributed by atoms with Crippen LogP contribution in [0.4, 0.5) is 5.69 Å². The number of aromatic nitrogens is 2. The number of nitrogens with zero attached hydrogens (tertiary/aromatic N) is 3. The Hall–Kier alpha value is -1.56. The van der Waals surface area contributed by atoms with Crippen molar-refractivity contribution in [2.75, 3.05) is 0 Å². The van der Waals surface area contributed by atoms with E-state index >= 15 is 0 Å². The van der Waals surface area contributed by atoms with Crippen molar-refractivity contribution in [1.82, 2.24) is 9.97 Å². The monoisotopic (exact) mass is 253 g/mol. The zero-order chi connectivity index (χ0) is 10.1. The van der Waals surface area contributed by atoms with Crippen molar-refractivity contribution < 1.29 is 4.92 Å². The second-order valence-electron chi connectivity index (χ2n) is 2.61. The molecule has 70 valence electrons. The molecular weight excluding hydrogens is 250 g/mol. The van der Waals surface area contributed by atoms with Gasteiger partial charge in [0.15, 0.2) is 0 Å². The van der Waals surface area contributed by atoms with Gasteiger partial charge in [0.1, 0.15) is 0 Å². The molecule has 14 heavy (non-hydrogen) atoms. The molecule has 0 saturated heterocycles. The SMILES string of the molecule is O=[N+]([O-])c1cc2nccnc2cc1Br. The third kappa shape index (κ3) is 1.44. The quantitative estimate of drug-likeness (QED) is 0.578. The number of fused-ring (bicyclic) bond motifs is 1. The van der Waals surface area contributed by atoms with Crippen molar-refractivity contribution in [1.29, 1.82) is 0 Å². The summed E-state index contributed by atoms with van der Waals surface area (Å²) in [7, 11) is 0. The first-order valence-corrected chi connectivity index (χ1v) is 4.52. The molecule has 2 rings (SSSR count). The molecule has 1 aromatic heterocycles. The van der Waals surface area contributed by atoms with Crippen molar-refractivity contribution in [2.24, 2.45) is 0 Å². The van der Waals surface area contributed by atoms with E-state index in [-0.39, 0.29) is 5.69 Å². The second kappa shape index (κ2) is 3.30. The van der Waals surface area contributed by atoms with E-state index in [0.717, 1.165) is 0 Å². The maximum Gasteiger partial charge on any atom is 0.285 e. The number of hydrogen-bond acceptors (Lipinski definition) is 4. The van der Waals surface area contributed by atoms with Crippen LogP contribution < -0.4 is 0 Å². The fourth-order valence-corrected chi connectivity index (χ4v) is 1.59. The summed E-state index contributed by atoms with van der Waals surface area (Å²) < 4.78 is 0.413. The Labute approximate surface area is 87.1 Å². The van der Waals surface area contributed by atoms with E-state index in [2.05, 4.69) is 25.9 Å². The summed E-state index contributed by atoms with van der Waals surface area (Å²) in [6, 6.07) is 2.98. The van der Waals surface area contributed by atoms with Gasteiger partial charge in [-0.2, -0.15) is 0 Å². The molecule has 0 aliphatic rings. The molecule has 5 nitrogen and oxygen atoms in total. The molecule has 1 aromatic carbocycles. The topological polar surface area (TPSA) is 68.9 Å². The molecule has 2 aromatic rings. The summed E-state index contributed by atoms with van der Waals surface area (Å²) in [5.74, 6) is 0.